The largest absolute Gasteiger partial charge is 0.477 e. The molecule has 1 rings (SSSR count). The monoisotopic (exact) mass is 252 g/mol. The second-order valence-electron chi connectivity index (χ2n) is 3.93. The third kappa shape index (κ3) is 3.73. The summed E-state index contributed by atoms with van der Waals surface area (Å²) < 4.78 is 0. The Morgan fingerprint density at radius 1 is 1.44 bits per heavy atom. The topological polar surface area (TPSA) is 92.5 Å². The van der Waals surface area contributed by atoms with Crippen LogP contribution in [-0.2, 0) is 0 Å². The number of anilines is 1. The minimum absolute atomic E-state index is 0.291. The van der Waals surface area contributed by atoms with Gasteiger partial charge in [0.05, 0.1) is 4.92 Å². The number of aromatic carboxylic acids is 1. The van der Waals surface area contributed by atoms with Crippen molar-refractivity contribution in [1.82, 2.24) is 0 Å². The molecular formula is C12H16N2O4. The highest BCUT2D eigenvalue weighted by molar-refractivity contribution is 5.93. The van der Waals surface area contributed by atoms with Crippen LogP contribution in [0.4, 0.5) is 11.4 Å². The van der Waals surface area contributed by atoms with Crippen LogP contribution >= 0.6 is 0 Å². The van der Waals surface area contributed by atoms with Gasteiger partial charge in [0.15, 0.2) is 0 Å². The number of nitrogens with zero attached hydrogens (tertiary/aromatic N) is 1. The van der Waals surface area contributed by atoms with E-state index in [1.165, 1.54) is 18.2 Å². The first-order chi connectivity index (χ1) is 8.56. The van der Waals surface area contributed by atoms with Gasteiger partial charge in [0.1, 0.15) is 5.56 Å². The van der Waals surface area contributed by atoms with Gasteiger partial charge in [-0.15, -0.1) is 0 Å². The number of nitro benzene ring substituents is 1. The Kier molecular flexibility index (Phi) is 5.10. The van der Waals surface area contributed by atoms with Gasteiger partial charge in [-0.2, -0.15) is 0 Å². The highest BCUT2D eigenvalue weighted by Gasteiger charge is 2.19. The lowest BCUT2D eigenvalue weighted by molar-refractivity contribution is -0.385. The van der Waals surface area contributed by atoms with Crippen LogP contribution in [0.15, 0.2) is 18.2 Å². The van der Waals surface area contributed by atoms with Gasteiger partial charge in [-0.3, -0.25) is 10.1 Å². The molecule has 0 unspecified atom stereocenters. The van der Waals surface area contributed by atoms with E-state index in [1.807, 2.05) is 0 Å². The molecule has 0 amide bonds. The van der Waals surface area contributed by atoms with Crippen molar-refractivity contribution >= 4 is 17.3 Å². The number of hydrogen-bond acceptors (Lipinski definition) is 4. The summed E-state index contributed by atoms with van der Waals surface area (Å²) in [5, 5.41) is 22.6. The maximum atomic E-state index is 10.9. The van der Waals surface area contributed by atoms with Crippen molar-refractivity contribution in [2.45, 2.75) is 26.2 Å². The van der Waals surface area contributed by atoms with Crippen LogP contribution in [-0.4, -0.2) is 22.5 Å². The SMILES string of the molecule is CCCCCNc1ccc([N+](=O)[O-])c(C(=O)O)c1. The maximum absolute atomic E-state index is 10.9. The lowest BCUT2D eigenvalue weighted by Gasteiger charge is -2.07. The zero-order valence-corrected chi connectivity index (χ0v) is 10.2. The van der Waals surface area contributed by atoms with Gasteiger partial charge in [-0.05, 0) is 18.6 Å². The molecule has 6 heteroatoms. The summed E-state index contributed by atoms with van der Waals surface area (Å²) in [5.41, 5.74) is -0.0868. The number of benzene rings is 1. The molecule has 0 radical (unpaired) electrons. The van der Waals surface area contributed by atoms with Crippen LogP contribution in [0.2, 0.25) is 0 Å². The van der Waals surface area contributed by atoms with Crippen molar-refractivity contribution in [3.05, 3.63) is 33.9 Å². The molecule has 0 aliphatic heterocycles. The fourth-order valence-corrected chi connectivity index (χ4v) is 1.58. The molecule has 0 aromatic heterocycles. The van der Waals surface area contributed by atoms with Gasteiger partial charge >= 0.3 is 5.97 Å². The molecule has 0 fully saturated rings. The third-order valence-corrected chi connectivity index (χ3v) is 2.53. The Balaban J connectivity index is 2.80. The second-order valence-corrected chi connectivity index (χ2v) is 3.93. The molecule has 0 saturated carbocycles. The first-order valence-corrected chi connectivity index (χ1v) is 5.82. The van der Waals surface area contributed by atoms with Crippen LogP contribution in [0.25, 0.3) is 0 Å². The molecule has 98 valence electrons. The maximum Gasteiger partial charge on any atom is 0.342 e. The van der Waals surface area contributed by atoms with Crippen molar-refractivity contribution in [3.63, 3.8) is 0 Å². The van der Waals surface area contributed by atoms with Gasteiger partial charge in [0, 0.05) is 18.3 Å². The Bertz CT molecular complexity index is 446. The van der Waals surface area contributed by atoms with E-state index in [-0.39, 0.29) is 11.3 Å². The van der Waals surface area contributed by atoms with Crippen LogP contribution in [0.3, 0.4) is 0 Å². The summed E-state index contributed by atoms with van der Waals surface area (Å²) in [6, 6.07) is 4.04. The van der Waals surface area contributed by atoms with Gasteiger partial charge in [-0.25, -0.2) is 4.79 Å². The zero-order valence-electron chi connectivity index (χ0n) is 10.2. The summed E-state index contributed by atoms with van der Waals surface area (Å²) in [7, 11) is 0. The van der Waals surface area contributed by atoms with Crippen molar-refractivity contribution in [2.75, 3.05) is 11.9 Å². The molecule has 1 aromatic carbocycles. The van der Waals surface area contributed by atoms with Gasteiger partial charge in [-0.1, -0.05) is 19.8 Å². The first-order valence-electron chi connectivity index (χ1n) is 5.82. The predicted molar refractivity (Wildman–Crippen MR) is 68.1 cm³/mol. The van der Waals surface area contributed by atoms with E-state index in [0.717, 1.165) is 25.8 Å². The van der Waals surface area contributed by atoms with E-state index in [0.29, 0.717) is 5.69 Å². The van der Waals surface area contributed by atoms with Crippen LogP contribution in [0.5, 0.6) is 0 Å². The van der Waals surface area contributed by atoms with E-state index in [2.05, 4.69) is 12.2 Å². The quantitative estimate of drug-likeness (QED) is 0.442. The third-order valence-electron chi connectivity index (χ3n) is 2.53. The van der Waals surface area contributed by atoms with Gasteiger partial charge in [0.2, 0.25) is 0 Å². The summed E-state index contributed by atoms with van der Waals surface area (Å²) >= 11 is 0. The number of hydrogen-bond donors (Lipinski definition) is 2. The molecule has 1 aromatic rings. The van der Waals surface area contributed by atoms with Gasteiger partial charge in [0.25, 0.3) is 5.69 Å². The zero-order chi connectivity index (χ0) is 13.5. The summed E-state index contributed by atoms with van der Waals surface area (Å²) in [6.45, 7) is 2.82. The highest BCUT2D eigenvalue weighted by atomic mass is 16.6. The molecule has 6 nitrogen and oxygen atoms in total. The van der Waals surface area contributed by atoms with E-state index < -0.39 is 10.9 Å². The minimum Gasteiger partial charge on any atom is -0.477 e. The Morgan fingerprint density at radius 3 is 2.72 bits per heavy atom. The van der Waals surface area contributed by atoms with E-state index in [9.17, 15) is 14.9 Å². The molecular weight excluding hydrogens is 236 g/mol. The molecule has 0 heterocycles. The fraction of sp³-hybridized carbons (Fsp3) is 0.417. The second kappa shape index (κ2) is 6.58. The Hall–Kier alpha value is -2.11. The van der Waals surface area contributed by atoms with E-state index >= 15 is 0 Å². The lowest BCUT2D eigenvalue weighted by Crippen LogP contribution is -2.06. The predicted octanol–water partition coefficient (Wildman–Crippen LogP) is 2.90. The minimum atomic E-state index is -1.29. The molecule has 0 spiro atoms. The molecule has 0 aliphatic carbocycles. The number of rotatable bonds is 7. The molecule has 2 N–H and O–H groups in total. The molecule has 0 bridgehead atoms. The smallest absolute Gasteiger partial charge is 0.342 e. The van der Waals surface area contributed by atoms with Crippen LogP contribution in [0, 0.1) is 10.1 Å². The molecule has 0 atom stereocenters. The number of nitrogens with one attached hydrogen (secondary N) is 1. The summed E-state index contributed by atoms with van der Waals surface area (Å²) in [5.74, 6) is -1.29. The standard InChI is InChI=1S/C12H16N2O4/c1-2-3-4-7-13-9-5-6-11(14(17)18)10(8-9)12(15)16/h5-6,8,13H,2-4,7H2,1H3,(H,15,16). The molecule has 0 saturated heterocycles. The Labute approximate surface area is 105 Å². The van der Waals surface area contributed by atoms with E-state index in [4.69, 9.17) is 5.11 Å². The molecule has 0 aliphatic rings. The number of carbonyl (C=O) groups is 1. The summed E-state index contributed by atoms with van der Waals surface area (Å²) in [4.78, 5) is 20.9. The normalized spacial score (nSPS) is 10.1. The van der Waals surface area contributed by atoms with Crippen molar-refractivity contribution < 1.29 is 14.8 Å². The van der Waals surface area contributed by atoms with Crippen molar-refractivity contribution in [3.8, 4) is 0 Å². The average Bonchev–Trinajstić information content (AvgIpc) is 2.34. The average molecular weight is 252 g/mol. The van der Waals surface area contributed by atoms with Crippen molar-refractivity contribution in [2.24, 2.45) is 0 Å². The summed E-state index contributed by atoms with van der Waals surface area (Å²) in [6.07, 6.45) is 3.17. The van der Waals surface area contributed by atoms with Crippen molar-refractivity contribution in [1.29, 1.82) is 0 Å². The number of unbranched alkanes of at least 4 members (excludes halogenated alkanes) is 2. The number of nitro groups is 1. The van der Waals surface area contributed by atoms with E-state index in [1.54, 1.807) is 0 Å². The first kappa shape index (κ1) is 14.0. The van der Waals surface area contributed by atoms with Crippen LogP contribution < -0.4 is 5.32 Å². The number of carboxylic acid groups (broad SMARTS) is 1. The lowest BCUT2D eigenvalue weighted by atomic mass is 10.1. The Morgan fingerprint density at radius 2 is 2.17 bits per heavy atom. The van der Waals surface area contributed by atoms with Gasteiger partial charge < -0.3 is 10.4 Å². The molecule has 18 heavy (non-hydrogen) atoms. The fourth-order valence-electron chi connectivity index (χ4n) is 1.58. The number of carboxylic acids is 1. The highest BCUT2D eigenvalue weighted by Crippen LogP contribution is 2.22. The van der Waals surface area contributed by atoms with Crippen LogP contribution in [0.1, 0.15) is 36.5 Å².